The number of amides is 3. The van der Waals surface area contributed by atoms with Crippen LogP contribution >= 0.6 is 23.4 Å². The molecular formula is C25H18ClN3O7S. The number of rotatable bonds is 8. The number of carbonyl (C=O) groups is 3. The fraction of sp³-hybridized carbons (Fsp3) is 0.0800. The predicted molar refractivity (Wildman–Crippen MR) is 140 cm³/mol. The summed E-state index contributed by atoms with van der Waals surface area (Å²) in [6, 6.07) is 16.7. The van der Waals surface area contributed by atoms with Gasteiger partial charge in [0.2, 0.25) is 0 Å². The first-order valence-electron chi connectivity index (χ1n) is 10.6. The maximum absolute atomic E-state index is 12.9. The van der Waals surface area contributed by atoms with Gasteiger partial charge in [-0.15, -0.1) is 0 Å². The van der Waals surface area contributed by atoms with Crippen molar-refractivity contribution in [3.05, 3.63) is 92.3 Å². The summed E-state index contributed by atoms with van der Waals surface area (Å²) in [5.74, 6) is -0.422. The third kappa shape index (κ3) is 6.08. The van der Waals surface area contributed by atoms with E-state index in [4.69, 9.17) is 21.1 Å². The van der Waals surface area contributed by atoms with Gasteiger partial charge in [-0.1, -0.05) is 23.7 Å². The highest BCUT2D eigenvalue weighted by Gasteiger charge is 2.36. The van der Waals surface area contributed by atoms with Crippen LogP contribution in [-0.4, -0.2) is 35.7 Å². The van der Waals surface area contributed by atoms with E-state index in [0.717, 1.165) is 16.7 Å². The van der Waals surface area contributed by atoms with E-state index in [1.807, 2.05) is 0 Å². The zero-order chi connectivity index (χ0) is 26.5. The first-order chi connectivity index (χ1) is 17.7. The number of nitro benzene ring substituents is 1. The Bertz CT molecular complexity index is 1430. The van der Waals surface area contributed by atoms with Crippen LogP contribution in [0.15, 0.2) is 71.6 Å². The van der Waals surface area contributed by atoms with E-state index in [-0.39, 0.29) is 28.6 Å². The summed E-state index contributed by atoms with van der Waals surface area (Å²) in [5.41, 5.74) is 1.10. The van der Waals surface area contributed by atoms with Gasteiger partial charge in [0.1, 0.15) is 0 Å². The lowest BCUT2D eigenvalue weighted by atomic mass is 10.2. The molecule has 10 nitrogen and oxygen atoms in total. The molecule has 1 saturated heterocycles. The zero-order valence-electron chi connectivity index (χ0n) is 19.2. The van der Waals surface area contributed by atoms with Crippen LogP contribution in [0.3, 0.4) is 0 Å². The minimum atomic E-state index is -0.559. The fourth-order valence-corrected chi connectivity index (χ4v) is 4.33. The van der Waals surface area contributed by atoms with E-state index in [2.05, 4.69) is 5.32 Å². The van der Waals surface area contributed by atoms with E-state index in [1.165, 1.54) is 31.4 Å². The molecule has 0 saturated carbocycles. The highest BCUT2D eigenvalue weighted by Crippen LogP contribution is 2.37. The number of halogens is 1. The summed E-state index contributed by atoms with van der Waals surface area (Å²) >= 11 is 6.70. The van der Waals surface area contributed by atoms with Crippen LogP contribution in [0.4, 0.5) is 21.9 Å². The SMILES string of the molecule is COc1cc(/C=C2/SC(=O)N(c3ccc(Cl)cc3)C2=O)ccc1OCC(=O)Nc1cccc([N+](=O)[O-])c1. The average Bonchev–Trinajstić information content (AvgIpc) is 3.16. The minimum absolute atomic E-state index is 0.151. The molecule has 37 heavy (non-hydrogen) atoms. The second-order valence-corrected chi connectivity index (χ2v) is 8.98. The molecule has 3 aromatic carbocycles. The Morgan fingerprint density at radius 2 is 1.86 bits per heavy atom. The average molecular weight is 540 g/mol. The second-order valence-electron chi connectivity index (χ2n) is 7.55. The number of methoxy groups -OCH3 is 1. The molecule has 0 radical (unpaired) electrons. The summed E-state index contributed by atoms with van der Waals surface area (Å²) in [7, 11) is 1.42. The molecule has 3 aromatic rings. The lowest BCUT2D eigenvalue weighted by Gasteiger charge is -2.12. The minimum Gasteiger partial charge on any atom is -0.493 e. The molecular weight excluding hydrogens is 522 g/mol. The molecule has 1 N–H and O–H groups in total. The van der Waals surface area contributed by atoms with Crippen LogP contribution in [0.2, 0.25) is 5.02 Å². The third-order valence-corrected chi connectivity index (χ3v) is 6.19. The molecule has 4 rings (SSSR count). The molecule has 1 fully saturated rings. The monoisotopic (exact) mass is 539 g/mol. The van der Waals surface area contributed by atoms with Gasteiger partial charge in [0.05, 0.1) is 22.6 Å². The number of nitrogens with zero attached hydrogens (tertiary/aromatic N) is 2. The standard InChI is InChI=1S/C25H18ClN3O7S/c1-35-21-11-15(12-22-24(31)28(25(32)37-22)18-8-6-16(26)7-9-18)5-10-20(21)36-14-23(30)27-17-3-2-4-19(13-17)29(33)34/h2-13H,14H2,1H3,(H,27,30)/b22-12+. The van der Waals surface area contributed by atoms with Crippen molar-refractivity contribution in [1.82, 2.24) is 0 Å². The molecule has 0 spiro atoms. The summed E-state index contributed by atoms with van der Waals surface area (Å²) in [6.45, 7) is -0.377. The molecule has 0 aromatic heterocycles. The number of ether oxygens (including phenoxy) is 2. The number of nitrogens with one attached hydrogen (secondary N) is 1. The van der Waals surface area contributed by atoms with E-state index >= 15 is 0 Å². The van der Waals surface area contributed by atoms with Crippen molar-refractivity contribution >= 4 is 63.6 Å². The summed E-state index contributed by atoms with van der Waals surface area (Å²) < 4.78 is 10.9. The molecule has 188 valence electrons. The first kappa shape index (κ1) is 25.7. The fourth-order valence-electron chi connectivity index (χ4n) is 3.36. The van der Waals surface area contributed by atoms with Crippen LogP contribution in [0.1, 0.15) is 5.56 Å². The second kappa shape index (κ2) is 11.1. The van der Waals surface area contributed by atoms with Crippen LogP contribution in [0, 0.1) is 10.1 Å². The van der Waals surface area contributed by atoms with Crippen LogP contribution in [-0.2, 0) is 9.59 Å². The summed E-state index contributed by atoms with van der Waals surface area (Å²) in [5, 5.41) is 13.5. The number of carbonyl (C=O) groups excluding carboxylic acids is 3. The van der Waals surface area contributed by atoms with Crippen molar-refractivity contribution in [1.29, 1.82) is 0 Å². The predicted octanol–water partition coefficient (Wildman–Crippen LogP) is 5.52. The Labute approximate surface area is 220 Å². The van der Waals surface area contributed by atoms with E-state index in [1.54, 1.807) is 48.5 Å². The topological polar surface area (TPSA) is 128 Å². The molecule has 0 aliphatic carbocycles. The maximum atomic E-state index is 12.9. The summed E-state index contributed by atoms with van der Waals surface area (Å²) in [4.78, 5) is 49.2. The molecule has 0 unspecified atom stereocenters. The number of nitro groups is 1. The Morgan fingerprint density at radius 3 is 2.57 bits per heavy atom. The Morgan fingerprint density at radius 1 is 1.11 bits per heavy atom. The number of non-ortho nitro benzene ring substituents is 1. The van der Waals surface area contributed by atoms with Gasteiger partial charge in [-0.05, 0) is 65.9 Å². The molecule has 1 heterocycles. The van der Waals surface area contributed by atoms with E-state index in [0.29, 0.717) is 22.0 Å². The van der Waals surface area contributed by atoms with Gasteiger partial charge in [-0.25, -0.2) is 4.90 Å². The van der Waals surface area contributed by atoms with Gasteiger partial charge in [-0.3, -0.25) is 24.5 Å². The molecule has 1 aliphatic rings. The van der Waals surface area contributed by atoms with Gasteiger partial charge < -0.3 is 14.8 Å². The van der Waals surface area contributed by atoms with Gasteiger partial charge in [0.15, 0.2) is 18.1 Å². The molecule has 3 amide bonds. The highest BCUT2D eigenvalue weighted by atomic mass is 35.5. The molecule has 0 bridgehead atoms. The smallest absolute Gasteiger partial charge is 0.298 e. The number of imide groups is 1. The lowest BCUT2D eigenvalue weighted by Crippen LogP contribution is -2.27. The van der Waals surface area contributed by atoms with Crippen molar-refractivity contribution in [2.45, 2.75) is 0 Å². The third-order valence-electron chi connectivity index (χ3n) is 5.06. The van der Waals surface area contributed by atoms with Crippen LogP contribution < -0.4 is 19.7 Å². The lowest BCUT2D eigenvalue weighted by molar-refractivity contribution is -0.384. The quantitative estimate of drug-likeness (QED) is 0.225. The van der Waals surface area contributed by atoms with E-state index in [9.17, 15) is 24.5 Å². The number of thioether (sulfide) groups is 1. The van der Waals surface area contributed by atoms with Crippen molar-refractivity contribution in [2.75, 3.05) is 23.9 Å². The Kier molecular flexibility index (Phi) is 7.75. The molecule has 0 atom stereocenters. The Hall–Kier alpha value is -4.35. The van der Waals surface area contributed by atoms with Crippen molar-refractivity contribution < 1.29 is 28.8 Å². The van der Waals surface area contributed by atoms with Crippen LogP contribution in [0.25, 0.3) is 6.08 Å². The van der Waals surface area contributed by atoms with Crippen molar-refractivity contribution in [3.8, 4) is 11.5 Å². The van der Waals surface area contributed by atoms with E-state index < -0.39 is 22.0 Å². The van der Waals surface area contributed by atoms with Crippen molar-refractivity contribution in [2.24, 2.45) is 0 Å². The first-order valence-corrected chi connectivity index (χ1v) is 11.8. The zero-order valence-corrected chi connectivity index (χ0v) is 20.7. The number of hydrogen-bond acceptors (Lipinski definition) is 8. The molecule has 1 aliphatic heterocycles. The Balaban J connectivity index is 1.44. The number of anilines is 2. The van der Waals surface area contributed by atoms with Crippen LogP contribution in [0.5, 0.6) is 11.5 Å². The highest BCUT2D eigenvalue weighted by molar-refractivity contribution is 8.19. The summed E-state index contributed by atoms with van der Waals surface area (Å²) in [6.07, 6.45) is 1.56. The van der Waals surface area contributed by atoms with Gasteiger partial charge in [0, 0.05) is 22.8 Å². The maximum Gasteiger partial charge on any atom is 0.298 e. The normalized spacial score (nSPS) is 14.1. The van der Waals surface area contributed by atoms with Gasteiger partial charge in [0.25, 0.3) is 22.7 Å². The number of hydrogen-bond donors (Lipinski definition) is 1. The number of benzene rings is 3. The van der Waals surface area contributed by atoms with Gasteiger partial charge >= 0.3 is 0 Å². The largest absolute Gasteiger partial charge is 0.493 e. The van der Waals surface area contributed by atoms with Gasteiger partial charge in [-0.2, -0.15) is 0 Å². The molecule has 12 heteroatoms. The van der Waals surface area contributed by atoms with Crippen molar-refractivity contribution in [3.63, 3.8) is 0 Å².